The first-order valence-electron chi connectivity index (χ1n) is 9.28. The Morgan fingerprint density at radius 3 is 2.41 bits per heavy atom. The van der Waals surface area contributed by atoms with E-state index in [2.05, 4.69) is 0 Å². The second kappa shape index (κ2) is 8.68. The van der Waals surface area contributed by atoms with Gasteiger partial charge in [-0.2, -0.15) is 0 Å². The maximum Gasteiger partial charge on any atom is 0.328 e. The third-order valence-electron chi connectivity index (χ3n) is 4.80. The summed E-state index contributed by atoms with van der Waals surface area (Å²) >= 11 is 0. The molecule has 6 nitrogen and oxygen atoms in total. The van der Waals surface area contributed by atoms with E-state index < -0.39 is 0 Å². The van der Waals surface area contributed by atoms with Gasteiger partial charge in [0.15, 0.2) is 0 Å². The smallest absolute Gasteiger partial charge is 0.328 e. The van der Waals surface area contributed by atoms with Crippen LogP contribution in [0.1, 0.15) is 18.4 Å². The van der Waals surface area contributed by atoms with Crippen LogP contribution in [0, 0.1) is 0 Å². The van der Waals surface area contributed by atoms with E-state index >= 15 is 0 Å². The molecule has 2 aromatic carbocycles. The van der Waals surface area contributed by atoms with E-state index in [4.69, 9.17) is 5.73 Å². The SMILES string of the molecule is Cn1c(=O)n(CCC(=O)N(CCCN)Cc2ccccc2)c2ccccc21. The molecule has 1 aromatic heterocycles. The zero-order valence-corrected chi connectivity index (χ0v) is 15.7. The van der Waals surface area contributed by atoms with Crippen molar-refractivity contribution in [3.05, 3.63) is 70.6 Å². The number of benzene rings is 2. The highest BCUT2D eigenvalue weighted by atomic mass is 16.2. The van der Waals surface area contributed by atoms with Crippen LogP contribution in [0.25, 0.3) is 11.0 Å². The van der Waals surface area contributed by atoms with Crippen molar-refractivity contribution in [1.29, 1.82) is 0 Å². The highest BCUT2D eigenvalue weighted by Gasteiger charge is 2.16. The van der Waals surface area contributed by atoms with Crippen LogP contribution in [-0.4, -0.2) is 33.0 Å². The summed E-state index contributed by atoms with van der Waals surface area (Å²) in [5.41, 5.74) is 8.36. The van der Waals surface area contributed by atoms with Crippen molar-refractivity contribution in [3.63, 3.8) is 0 Å². The second-order valence-corrected chi connectivity index (χ2v) is 6.68. The van der Waals surface area contributed by atoms with Gasteiger partial charge in [-0.3, -0.25) is 13.9 Å². The molecule has 0 fully saturated rings. The van der Waals surface area contributed by atoms with Gasteiger partial charge in [-0.15, -0.1) is 0 Å². The molecular weight excluding hydrogens is 340 g/mol. The van der Waals surface area contributed by atoms with Crippen molar-refractivity contribution in [2.24, 2.45) is 12.8 Å². The molecule has 0 atom stereocenters. The summed E-state index contributed by atoms with van der Waals surface area (Å²) in [4.78, 5) is 27.2. The molecule has 1 heterocycles. The lowest BCUT2D eigenvalue weighted by Gasteiger charge is -2.23. The second-order valence-electron chi connectivity index (χ2n) is 6.68. The van der Waals surface area contributed by atoms with E-state index in [9.17, 15) is 9.59 Å². The number of fused-ring (bicyclic) bond motifs is 1. The summed E-state index contributed by atoms with van der Waals surface area (Å²) in [7, 11) is 1.76. The molecule has 0 saturated heterocycles. The highest BCUT2D eigenvalue weighted by molar-refractivity contribution is 5.78. The number of nitrogens with zero attached hydrogens (tertiary/aromatic N) is 3. The van der Waals surface area contributed by atoms with E-state index in [1.165, 1.54) is 0 Å². The molecule has 0 aliphatic heterocycles. The number of aromatic nitrogens is 2. The van der Waals surface area contributed by atoms with Gasteiger partial charge >= 0.3 is 5.69 Å². The van der Waals surface area contributed by atoms with Crippen LogP contribution in [0.2, 0.25) is 0 Å². The number of amides is 1. The zero-order chi connectivity index (χ0) is 19.2. The number of hydrogen-bond donors (Lipinski definition) is 1. The van der Waals surface area contributed by atoms with Crippen LogP contribution < -0.4 is 11.4 Å². The summed E-state index contributed by atoms with van der Waals surface area (Å²) in [5, 5.41) is 0. The minimum atomic E-state index is -0.0967. The topological polar surface area (TPSA) is 73.3 Å². The number of rotatable bonds is 8. The third-order valence-corrected chi connectivity index (χ3v) is 4.80. The average molecular weight is 366 g/mol. The average Bonchev–Trinajstić information content (AvgIpc) is 2.94. The largest absolute Gasteiger partial charge is 0.338 e. The number of nitrogens with two attached hydrogens (primary N) is 1. The van der Waals surface area contributed by atoms with Crippen LogP contribution in [0.3, 0.4) is 0 Å². The Morgan fingerprint density at radius 1 is 1.04 bits per heavy atom. The monoisotopic (exact) mass is 366 g/mol. The number of carbonyl (C=O) groups excluding carboxylic acids is 1. The lowest BCUT2D eigenvalue weighted by molar-refractivity contribution is -0.132. The van der Waals surface area contributed by atoms with Crippen molar-refractivity contribution in [1.82, 2.24) is 14.0 Å². The van der Waals surface area contributed by atoms with E-state index in [-0.39, 0.29) is 18.0 Å². The van der Waals surface area contributed by atoms with E-state index in [0.717, 1.165) is 23.0 Å². The van der Waals surface area contributed by atoms with Gasteiger partial charge in [-0.05, 0) is 30.7 Å². The predicted octanol–water partition coefficient (Wildman–Crippen LogP) is 2.11. The fourth-order valence-electron chi connectivity index (χ4n) is 3.32. The zero-order valence-electron chi connectivity index (χ0n) is 15.7. The molecular formula is C21H26N4O2. The van der Waals surface area contributed by atoms with Gasteiger partial charge in [0.05, 0.1) is 11.0 Å². The Bertz CT molecular complexity index is 959. The summed E-state index contributed by atoms with van der Waals surface area (Å²) < 4.78 is 3.30. The molecule has 0 aliphatic carbocycles. The molecule has 0 radical (unpaired) electrons. The Kier molecular flexibility index (Phi) is 6.08. The van der Waals surface area contributed by atoms with Crippen molar-refractivity contribution < 1.29 is 4.79 Å². The fraction of sp³-hybridized carbons (Fsp3) is 0.333. The Morgan fingerprint density at radius 2 is 1.70 bits per heavy atom. The maximum atomic E-state index is 12.8. The number of para-hydroxylation sites is 2. The van der Waals surface area contributed by atoms with Gasteiger partial charge in [0, 0.05) is 33.1 Å². The predicted molar refractivity (Wildman–Crippen MR) is 107 cm³/mol. The third kappa shape index (κ3) is 4.28. The van der Waals surface area contributed by atoms with Gasteiger partial charge in [0.2, 0.25) is 5.91 Å². The molecule has 2 N–H and O–H groups in total. The molecule has 0 saturated carbocycles. The lowest BCUT2D eigenvalue weighted by Crippen LogP contribution is -2.34. The number of imidazole rings is 1. The Hall–Kier alpha value is -2.86. The fourth-order valence-corrected chi connectivity index (χ4v) is 3.32. The van der Waals surface area contributed by atoms with Gasteiger partial charge in [-0.1, -0.05) is 42.5 Å². The number of hydrogen-bond acceptors (Lipinski definition) is 3. The van der Waals surface area contributed by atoms with E-state index in [0.29, 0.717) is 26.2 Å². The first-order chi connectivity index (χ1) is 13.1. The van der Waals surface area contributed by atoms with Crippen LogP contribution >= 0.6 is 0 Å². The standard InChI is InChI=1S/C21H26N4O2/c1-23-18-10-5-6-11-19(18)25(21(23)27)15-12-20(26)24(14-7-13-22)16-17-8-3-2-4-9-17/h2-6,8-11H,7,12-16,22H2,1H3. The molecule has 27 heavy (non-hydrogen) atoms. The summed E-state index contributed by atoms with van der Waals surface area (Å²) in [5.74, 6) is 0.0344. The van der Waals surface area contributed by atoms with Crippen LogP contribution in [0.15, 0.2) is 59.4 Å². The van der Waals surface area contributed by atoms with Gasteiger partial charge < -0.3 is 10.6 Å². The number of aryl methyl sites for hydroxylation is 2. The Labute approximate surface area is 158 Å². The van der Waals surface area contributed by atoms with Crippen molar-refractivity contribution >= 4 is 16.9 Å². The van der Waals surface area contributed by atoms with Gasteiger partial charge in [0.1, 0.15) is 0 Å². The molecule has 1 amide bonds. The molecule has 6 heteroatoms. The molecule has 0 bridgehead atoms. The minimum absolute atomic E-state index is 0.0344. The van der Waals surface area contributed by atoms with Gasteiger partial charge in [0.25, 0.3) is 0 Å². The van der Waals surface area contributed by atoms with Crippen LogP contribution in [-0.2, 0) is 24.9 Å². The molecule has 0 unspecified atom stereocenters. The summed E-state index contributed by atoms with van der Waals surface area (Å²) in [6, 6.07) is 17.6. The molecule has 3 rings (SSSR count). The summed E-state index contributed by atoms with van der Waals surface area (Å²) in [6.45, 7) is 2.09. The molecule has 142 valence electrons. The van der Waals surface area contributed by atoms with E-state index in [1.54, 1.807) is 16.2 Å². The normalized spacial score (nSPS) is 11.0. The summed E-state index contributed by atoms with van der Waals surface area (Å²) in [6.07, 6.45) is 1.04. The Balaban J connectivity index is 1.74. The first-order valence-corrected chi connectivity index (χ1v) is 9.28. The van der Waals surface area contributed by atoms with Crippen molar-refractivity contribution in [2.45, 2.75) is 25.9 Å². The van der Waals surface area contributed by atoms with Crippen LogP contribution in [0.5, 0.6) is 0 Å². The molecule has 0 spiro atoms. The highest BCUT2D eigenvalue weighted by Crippen LogP contribution is 2.13. The number of carbonyl (C=O) groups is 1. The first kappa shape index (κ1) is 18.9. The van der Waals surface area contributed by atoms with Gasteiger partial charge in [-0.25, -0.2) is 4.79 Å². The quantitative estimate of drug-likeness (QED) is 0.664. The van der Waals surface area contributed by atoms with Crippen molar-refractivity contribution in [2.75, 3.05) is 13.1 Å². The van der Waals surface area contributed by atoms with Crippen LogP contribution in [0.4, 0.5) is 0 Å². The lowest BCUT2D eigenvalue weighted by atomic mass is 10.2. The van der Waals surface area contributed by atoms with E-state index in [1.807, 2.05) is 59.5 Å². The minimum Gasteiger partial charge on any atom is -0.338 e. The molecule has 3 aromatic rings. The van der Waals surface area contributed by atoms with Crippen molar-refractivity contribution in [3.8, 4) is 0 Å². The maximum absolute atomic E-state index is 12.8. The molecule has 0 aliphatic rings.